The predicted octanol–water partition coefficient (Wildman–Crippen LogP) is 3.38. The lowest BCUT2D eigenvalue weighted by Gasteiger charge is -2.07. The van der Waals surface area contributed by atoms with Crippen molar-refractivity contribution < 1.29 is 4.74 Å². The van der Waals surface area contributed by atoms with Crippen LogP contribution in [0.5, 0.6) is 5.75 Å². The zero-order chi connectivity index (χ0) is 12.8. The van der Waals surface area contributed by atoms with Crippen LogP contribution in [-0.4, -0.2) is 4.98 Å². The van der Waals surface area contributed by atoms with E-state index in [-0.39, 0.29) is 0 Å². The van der Waals surface area contributed by atoms with E-state index in [2.05, 4.69) is 11.1 Å². The van der Waals surface area contributed by atoms with Crippen LogP contribution >= 0.6 is 11.6 Å². The highest BCUT2D eigenvalue weighted by atomic mass is 35.5. The van der Waals surface area contributed by atoms with Crippen molar-refractivity contribution in [3.05, 3.63) is 58.9 Å². The fourth-order valence-electron chi connectivity index (χ4n) is 1.48. The molecule has 1 aromatic carbocycles. The lowest BCUT2D eigenvalue weighted by molar-refractivity contribution is 0.306. The number of benzene rings is 1. The molecule has 18 heavy (non-hydrogen) atoms. The van der Waals surface area contributed by atoms with E-state index in [4.69, 9.17) is 21.6 Å². The number of hydrogen-bond donors (Lipinski definition) is 0. The maximum Gasteiger partial charge on any atom is 0.135 e. The molecule has 0 saturated carbocycles. The van der Waals surface area contributed by atoms with Gasteiger partial charge in [0.25, 0.3) is 0 Å². The average molecular weight is 259 g/mol. The molecule has 0 unspecified atom stereocenters. The van der Waals surface area contributed by atoms with E-state index in [9.17, 15) is 0 Å². The van der Waals surface area contributed by atoms with Gasteiger partial charge < -0.3 is 4.74 Å². The van der Waals surface area contributed by atoms with E-state index in [1.165, 1.54) is 0 Å². The van der Waals surface area contributed by atoms with Gasteiger partial charge >= 0.3 is 0 Å². The third-order valence-electron chi connectivity index (χ3n) is 2.44. The van der Waals surface area contributed by atoms with Gasteiger partial charge in [-0.25, -0.2) is 4.98 Å². The summed E-state index contributed by atoms with van der Waals surface area (Å²) in [7, 11) is 0. The lowest BCUT2D eigenvalue weighted by atomic mass is 10.2. The largest absolute Gasteiger partial charge is 0.489 e. The SMILES string of the molecule is N#CCc1ccc(OCc2cccnc2Cl)cc1. The molecule has 0 bridgehead atoms. The number of aromatic nitrogens is 1. The first-order chi connectivity index (χ1) is 8.79. The fourth-order valence-corrected chi connectivity index (χ4v) is 1.66. The predicted molar refractivity (Wildman–Crippen MR) is 69.3 cm³/mol. The Hall–Kier alpha value is -2.05. The minimum absolute atomic E-state index is 0.379. The number of rotatable bonds is 4. The first-order valence-electron chi connectivity index (χ1n) is 5.47. The highest BCUT2D eigenvalue weighted by Gasteiger charge is 2.01. The zero-order valence-corrected chi connectivity index (χ0v) is 10.4. The topological polar surface area (TPSA) is 45.9 Å². The van der Waals surface area contributed by atoms with Crippen molar-refractivity contribution in [2.24, 2.45) is 0 Å². The van der Waals surface area contributed by atoms with Crippen LogP contribution in [0.1, 0.15) is 11.1 Å². The Morgan fingerprint density at radius 3 is 2.67 bits per heavy atom. The summed E-state index contributed by atoms with van der Waals surface area (Å²) in [6, 6.07) is 13.2. The fraction of sp³-hybridized carbons (Fsp3) is 0.143. The molecule has 3 nitrogen and oxygen atoms in total. The van der Waals surface area contributed by atoms with Crippen LogP contribution in [0, 0.1) is 11.3 Å². The van der Waals surface area contributed by atoms with E-state index in [0.717, 1.165) is 16.9 Å². The molecule has 2 aromatic rings. The minimum Gasteiger partial charge on any atom is -0.489 e. The van der Waals surface area contributed by atoms with Crippen molar-refractivity contribution in [3.63, 3.8) is 0 Å². The van der Waals surface area contributed by atoms with Crippen LogP contribution in [0.15, 0.2) is 42.6 Å². The minimum atomic E-state index is 0.379. The van der Waals surface area contributed by atoms with Gasteiger partial charge in [-0.1, -0.05) is 29.8 Å². The first kappa shape index (κ1) is 12.4. The number of nitriles is 1. The Balaban J connectivity index is 1.98. The summed E-state index contributed by atoms with van der Waals surface area (Å²) in [5.74, 6) is 0.747. The number of pyridine rings is 1. The second-order valence-electron chi connectivity index (χ2n) is 3.72. The molecule has 90 valence electrons. The Bertz CT molecular complexity index is 561. The molecular formula is C14H11ClN2O. The van der Waals surface area contributed by atoms with Gasteiger partial charge in [-0.2, -0.15) is 5.26 Å². The van der Waals surface area contributed by atoms with Crippen molar-refractivity contribution in [2.45, 2.75) is 13.0 Å². The molecular weight excluding hydrogens is 248 g/mol. The molecule has 0 N–H and O–H groups in total. The molecule has 0 spiro atoms. The maximum atomic E-state index is 8.57. The normalized spacial score (nSPS) is 9.78. The summed E-state index contributed by atoms with van der Waals surface area (Å²) >= 11 is 5.93. The Morgan fingerprint density at radius 1 is 1.22 bits per heavy atom. The second-order valence-corrected chi connectivity index (χ2v) is 4.08. The summed E-state index contributed by atoms with van der Waals surface area (Å²) in [5.41, 5.74) is 1.82. The Kier molecular flexibility index (Phi) is 4.16. The van der Waals surface area contributed by atoms with Crippen LogP contribution < -0.4 is 4.74 Å². The molecule has 0 amide bonds. The summed E-state index contributed by atoms with van der Waals surface area (Å²) < 4.78 is 5.60. The number of halogens is 1. The summed E-state index contributed by atoms with van der Waals surface area (Å²) in [4.78, 5) is 3.98. The van der Waals surface area contributed by atoms with Gasteiger partial charge in [-0.3, -0.25) is 0 Å². The highest BCUT2D eigenvalue weighted by molar-refractivity contribution is 6.30. The van der Waals surface area contributed by atoms with Crippen LogP contribution in [0.2, 0.25) is 5.15 Å². The van der Waals surface area contributed by atoms with Gasteiger partial charge in [0.15, 0.2) is 0 Å². The van der Waals surface area contributed by atoms with Gasteiger partial charge in [-0.15, -0.1) is 0 Å². The maximum absolute atomic E-state index is 8.57. The van der Waals surface area contributed by atoms with Crippen molar-refractivity contribution in [3.8, 4) is 11.8 Å². The van der Waals surface area contributed by atoms with Crippen molar-refractivity contribution >= 4 is 11.6 Å². The van der Waals surface area contributed by atoms with Gasteiger partial charge in [0.05, 0.1) is 12.5 Å². The Morgan fingerprint density at radius 2 is 2.00 bits per heavy atom. The number of nitrogens with zero attached hydrogens (tertiary/aromatic N) is 2. The molecule has 0 radical (unpaired) electrons. The monoisotopic (exact) mass is 258 g/mol. The molecule has 0 aliphatic carbocycles. The molecule has 0 saturated heterocycles. The van der Waals surface area contributed by atoms with E-state index in [0.29, 0.717) is 18.2 Å². The molecule has 1 heterocycles. The molecule has 0 fully saturated rings. The van der Waals surface area contributed by atoms with Gasteiger partial charge in [0.2, 0.25) is 0 Å². The quantitative estimate of drug-likeness (QED) is 0.790. The third kappa shape index (κ3) is 3.22. The van der Waals surface area contributed by atoms with E-state index in [1.807, 2.05) is 36.4 Å². The Labute approximate surface area is 111 Å². The number of hydrogen-bond acceptors (Lipinski definition) is 3. The second kappa shape index (κ2) is 6.04. The van der Waals surface area contributed by atoms with Crippen LogP contribution in [-0.2, 0) is 13.0 Å². The number of ether oxygens (including phenoxy) is 1. The average Bonchev–Trinajstić information content (AvgIpc) is 2.40. The van der Waals surface area contributed by atoms with Crippen molar-refractivity contribution in [1.82, 2.24) is 4.98 Å². The van der Waals surface area contributed by atoms with E-state index < -0.39 is 0 Å². The van der Waals surface area contributed by atoms with Gasteiger partial charge in [-0.05, 0) is 23.8 Å². The molecule has 0 atom stereocenters. The van der Waals surface area contributed by atoms with Crippen LogP contribution in [0.25, 0.3) is 0 Å². The molecule has 0 aliphatic rings. The van der Waals surface area contributed by atoms with Gasteiger partial charge in [0, 0.05) is 11.8 Å². The summed E-state index contributed by atoms with van der Waals surface area (Å²) in [6.45, 7) is 0.379. The van der Waals surface area contributed by atoms with Crippen LogP contribution in [0.4, 0.5) is 0 Å². The van der Waals surface area contributed by atoms with E-state index in [1.54, 1.807) is 6.20 Å². The molecule has 2 rings (SSSR count). The highest BCUT2D eigenvalue weighted by Crippen LogP contribution is 2.17. The van der Waals surface area contributed by atoms with E-state index >= 15 is 0 Å². The van der Waals surface area contributed by atoms with Gasteiger partial charge in [0.1, 0.15) is 17.5 Å². The van der Waals surface area contributed by atoms with Crippen molar-refractivity contribution in [1.29, 1.82) is 5.26 Å². The molecule has 0 aliphatic heterocycles. The standard InChI is InChI=1S/C14H11ClN2O/c15-14-12(2-1-9-17-14)10-18-13-5-3-11(4-6-13)7-8-16/h1-6,9H,7,10H2. The van der Waals surface area contributed by atoms with Crippen LogP contribution in [0.3, 0.4) is 0 Å². The summed E-state index contributed by atoms with van der Waals surface area (Å²) in [5, 5.41) is 9.03. The van der Waals surface area contributed by atoms with Crippen molar-refractivity contribution in [2.75, 3.05) is 0 Å². The molecule has 1 aromatic heterocycles. The third-order valence-corrected chi connectivity index (χ3v) is 2.78. The first-order valence-corrected chi connectivity index (χ1v) is 5.85. The molecule has 4 heteroatoms. The lowest BCUT2D eigenvalue weighted by Crippen LogP contribution is -1.97. The smallest absolute Gasteiger partial charge is 0.135 e. The summed E-state index contributed by atoms with van der Waals surface area (Å²) in [6.07, 6.45) is 2.05. The zero-order valence-electron chi connectivity index (χ0n) is 9.64.